The second-order valence-corrected chi connectivity index (χ2v) is 5.27. The van der Waals surface area contributed by atoms with Crippen molar-refractivity contribution in [3.8, 4) is 0 Å². The molecule has 0 aliphatic carbocycles. The molecule has 0 amide bonds. The predicted octanol–water partition coefficient (Wildman–Crippen LogP) is 3.56. The Kier molecular flexibility index (Phi) is 4.05. The third-order valence-electron chi connectivity index (χ3n) is 3.22. The van der Waals surface area contributed by atoms with Gasteiger partial charge in [-0.2, -0.15) is 15.0 Å². The van der Waals surface area contributed by atoms with Crippen LogP contribution in [0.2, 0.25) is 0 Å². The molecule has 0 radical (unpaired) electrons. The Morgan fingerprint density at radius 2 is 1.17 bits per heavy atom. The molecule has 0 atom stereocenters. The van der Waals surface area contributed by atoms with Crippen molar-refractivity contribution in [2.75, 3.05) is 16.4 Å². The van der Waals surface area contributed by atoms with E-state index >= 15 is 0 Å². The molecule has 3 aromatic rings. The van der Waals surface area contributed by atoms with Gasteiger partial charge in [0, 0.05) is 17.1 Å². The fourth-order valence-corrected chi connectivity index (χ4v) is 2.06. The molecule has 1 aromatic heterocycles. The predicted molar refractivity (Wildman–Crippen MR) is 93.2 cm³/mol. The van der Waals surface area contributed by atoms with Crippen molar-refractivity contribution in [1.82, 2.24) is 15.0 Å². The summed E-state index contributed by atoms with van der Waals surface area (Å²) in [5.41, 5.74) is 9.40. The molecular formula is C17H18N6. The molecule has 4 N–H and O–H groups in total. The van der Waals surface area contributed by atoms with E-state index in [1.807, 2.05) is 62.4 Å². The van der Waals surface area contributed by atoms with E-state index in [9.17, 15) is 0 Å². The monoisotopic (exact) mass is 306 g/mol. The smallest absolute Gasteiger partial charge is 0.232 e. The number of aryl methyl sites for hydroxylation is 2. The first-order valence-electron chi connectivity index (χ1n) is 7.27. The minimum absolute atomic E-state index is 0.483. The summed E-state index contributed by atoms with van der Waals surface area (Å²) in [6.45, 7) is 3.88. The molecule has 3 rings (SSSR count). The van der Waals surface area contributed by atoms with Crippen molar-refractivity contribution >= 4 is 29.0 Å². The molecule has 116 valence electrons. The highest BCUT2D eigenvalue weighted by Crippen LogP contribution is 2.18. The van der Waals surface area contributed by atoms with Gasteiger partial charge in [0.05, 0.1) is 0 Å². The van der Waals surface area contributed by atoms with E-state index in [0.717, 1.165) is 11.4 Å². The first-order chi connectivity index (χ1) is 11.1. The third kappa shape index (κ3) is 3.94. The summed E-state index contributed by atoms with van der Waals surface area (Å²) in [5, 5.41) is 6.33. The van der Waals surface area contributed by atoms with Crippen molar-refractivity contribution in [2.24, 2.45) is 0 Å². The van der Waals surface area contributed by atoms with Crippen LogP contribution in [0.4, 0.5) is 29.0 Å². The fraction of sp³-hybridized carbons (Fsp3) is 0.118. The lowest BCUT2D eigenvalue weighted by atomic mass is 10.2. The summed E-state index contributed by atoms with van der Waals surface area (Å²) in [6.07, 6.45) is 0. The fourth-order valence-electron chi connectivity index (χ4n) is 2.06. The number of benzene rings is 2. The van der Waals surface area contributed by atoms with Crippen LogP contribution in [0, 0.1) is 13.8 Å². The standard InChI is InChI=1S/C17H18N6/c1-11-3-7-14(8-4-11)21-16-19-12(2)20-17(23-16)22-15-9-5-13(18)6-10-15/h3-10H,18H2,1-2H3,(H2,19,20,21,22,23). The molecule has 0 spiro atoms. The average Bonchev–Trinajstić information content (AvgIpc) is 2.51. The van der Waals surface area contributed by atoms with Crippen molar-refractivity contribution in [3.05, 3.63) is 59.9 Å². The Morgan fingerprint density at radius 3 is 1.70 bits per heavy atom. The number of hydrogen-bond acceptors (Lipinski definition) is 6. The zero-order valence-electron chi connectivity index (χ0n) is 13.0. The van der Waals surface area contributed by atoms with Crippen LogP contribution in [0.25, 0.3) is 0 Å². The zero-order valence-corrected chi connectivity index (χ0v) is 13.0. The van der Waals surface area contributed by atoms with Gasteiger partial charge in [0.25, 0.3) is 0 Å². The Labute approximate surface area is 134 Å². The normalized spacial score (nSPS) is 10.3. The first kappa shape index (κ1) is 14.8. The van der Waals surface area contributed by atoms with E-state index in [0.29, 0.717) is 23.4 Å². The van der Waals surface area contributed by atoms with Crippen LogP contribution in [-0.2, 0) is 0 Å². The first-order valence-corrected chi connectivity index (χ1v) is 7.27. The summed E-state index contributed by atoms with van der Waals surface area (Å²) in [5.74, 6) is 1.61. The SMILES string of the molecule is Cc1ccc(Nc2nc(C)nc(Nc3ccc(N)cc3)n2)cc1. The Balaban J connectivity index is 1.81. The van der Waals surface area contributed by atoms with Gasteiger partial charge in [-0.1, -0.05) is 17.7 Å². The lowest BCUT2D eigenvalue weighted by Gasteiger charge is -2.09. The summed E-state index contributed by atoms with van der Waals surface area (Å²) in [6, 6.07) is 15.4. The summed E-state index contributed by atoms with van der Waals surface area (Å²) < 4.78 is 0. The maximum atomic E-state index is 5.69. The number of hydrogen-bond donors (Lipinski definition) is 3. The van der Waals surface area contributed by atoms with Gasteiger partial charge in [0.15, 0.2) is 0 Å². The van der Waals surface area contributed by atoms with E-state index in [1.165, 1.54) is 5.56 Å². The molecule has 0 aliphatic heterocycles. The molecule has 0 fully saturated rings. The molecule has 1 heterocycles. The second-order valence-electron chi connectivity index (χ2n) is 5.27. The van der Waals surface area contributed by atoms with E-state index in [-0.39, 0.29) is 0 Å². The number of rotatable bonds is 4. The highest BCUT2D eigenvalue weighted by atomic mass is 15.2. The number of nitrogens with zero attached hydrogens (tertiary/aromatic N) is 3. The van der Waals surface area contributed by atoms with Gasteiger partial charge in [-0.25, -0.2) is 0 Å². The molecule has 0 unspecified atom stereocenters. The maximum absolute atomic E-state index is 5.69. The summed E-state index contributed by atoms with van der Waals surface area (Å²) >= 11 is 0. The van der Waals surface area contributed by atoms with Gasteiger partial charge < -0.3 is 16.4 Å². The molecule has 6 nitrogen and oxygen atoms in total. The topological polar surface area (TPSA) is 88.8 Å². The Hall–Kier alpha value is -3.15. The van der Waals surface area contributed by atoms with Crippen LogP contribution >= 0.6 is 0 Å². The molecule has 2 aromatic carbocycles. The van der Waals surface area contributed by atoms with Crippen LogP contribution in [0.5, 0.6) is 0 Å². The maximum Gasteiger partial charge on any atom is 0.232 e. The zero-order chi connectivity index (χ0) is 16.2. The van der Waals surface area contributed by atoms with Gasteiger partial charge in [-0.15, -0.1) is 0 Å². The third-order valence-corrected chi connectivity index (χ3v) is 3.22. The van der Waals surface area contributed by atoms with Crippen LogP contribution in [-0.4, -0.2) is 15.0 Å². The van der Waals surface area contributed by atoms with Gasteiger partial charge in [-0.3, -0.25) is 0 Å². The van der Waals surface area contributed by atoms with E-state index in [2.05, 4.69) is 25.6 Å². The number of nitrogen functional groups attached to an aromatic ring is 1. The van der Waals surface area contributed by atoms with E-state index in [1.54, 1.807) is 0 Å². The van der Waals surface area contributed by atoms with Crippen LogP contribution < -0.4 is 16.4 Å². The van der Waals surface area contributed by atoms with Crippen LogP contribution in [0.3, 0.4) is 0 Å². The highest BCUT2D eigenvalue weighted by molar-refractivity contribution is 5.59. The molecule has 0 saturated heterocycles. The van der Waals surface area contributed by atoms with Crippen molar-refractivity contribution in [2.45, 2.75) is 13.8 Å². The van der Waals surface area contributed by atoms with Crippen LogP contribution in [0.15, 0.2) is 48.5 Å². The lowest BCUT2D eigenvalue weighted by Crippen LogP contribution is -2.05. The largest absolute Gasteiger partial charge is 0.399 e. The van der Waals surface area contributed by atoms with Crippen molar-refractivity contribution in [1.29, 1.82) is 0 Å². The molecule has 0 aliphatic rings. The minimum Gasteiger partial charge on any atom is -0.399 e. The van der Waals surface area contributed by atoms with Gasteiger partial charge in [0.1, 0.15) is 5.82 Å². The van der Waals surface area contributed by atoms with Crippen molar-refractivity contribution < 1.29 is 0 Å². The lowest BCUT2D eigenvalue weighted by molar-refractivity contribution is 0.989. The quantitative estimate of drug-likeness (QED) is 0.639. The number of aromatic nitrogens is 3. The van der Waals surface area contributed by atoms with E-state index < -0.39 is 0 Å². The summed E-state index contributed by atoms with van der Waals surface area (Å²) in [7, 11) is 0. The molecule has 23 heavy (non-hydrogen) atoms. The Morgan fingerprint density at radius 1 is 0.696 bits per heavy atom. The number of nitrogens with two attached hydrogens (primary N) is 1. The highest BCUT2D eigenvalue weighted by Gasteiger charge is 2.05. The van der Waals surface area contributed by atoms with Gasteiger partial charge in [-0.05, 0) is 50.2 Å². The van der Waals surface area contributed by atoms with Crippen LogP contribution in [0.1, 0.15) is 11.4 Å². The van der Waals surface area contributed by atoms with Crippen molar-refractivity contribution in [3.63, 3.8) is 0 Å². The molecule has 0 saturated carbocycles. The van der Waals surface area contributed by atoms with Gasteiger partial charge >= 0.3 is 0 Å². The summed E-state index contributed by atoms with van der Waals surface area (Å²) in [4.78, 5) is 13.0. The van der Waals surface area contributed by atoms with E-state index in [4.69, 9.17) is 5.73 Å². The molecule has 0 bridgehead atoms. The molecule has 6 heteroatoms. The number of nitrogens with one attached hydrogen (secondary N) is 2. The molecular weight excluding hydrogens is 288 g/mol. The number of anilines is 5. The average molecular weight is 306 g/mol. The second kappa shape index (κ2) is 6.31. The minimum atomic E-state index is 0.483. The van der Waals surface area contributed by atoms with Gasteiger partial charge in [0.2, 0.25) is 11.9 Å². The Bertz CT molecular complexity index is 731.